The van der Waals surface area contributed by atoms with E-state index >= 15 is 0 Å². The third kappa shape index (κ3) is 1.48. The number of hydrogen-bond acceptors (Lipinski definition) is 1. The summed E-state index contributed by atoms with van der Waals surface area (Å²) in [6.07, 6.45) is 10.4. The van der Waals surface area contributed by atoms with Crippen LogP contribution in [-0.4, -0.2) is 0 Å². The van der Waals surface area contributed by atoms with E-state index < -0.39 is 0 Å². The van der Waals surface area contributed by atoms with Gasteiger partial charge in [-0.1, -0.05) is 24.3 Å². The van der Waals surface area contributed by atoms with Crippen LogP contribution in [0.25, 0.3) is 0 Å². The van der Waals surface area contributed by atoms with Crippen molar-refractivity contribution in [3.8, 4) is 0 Å². The Morgan fingerprint density at radius 1 is 0.800 bits per heavy atom. The zero-order valence-electron chi connectivity index (χ0n) is 12.2. The summed E-state index contributed by atoms with van der Waals surface area (Å²) in [4.78, 5) is 0. The van der Waals surface area contributed by atoms with Gasteiger partial charge < -0.3 is 5.73 Å². The fourth-order valence-electron chi connectivity index (χ4n) is 6.86. The molecule has 0 spiro atoms. The standard InChI is InChI=1S/C19H25N/c20-18-8-17(15-3-1-2-4-16(15)18)19-9-12-5-13(10-19)7-14(6-12)11-19/h1-4,12-14,17-18H,5-11,20H2. The Bertz CT molecular complexity index is 511. The van der Waals surface area contributed by atoms with E-state index in [-0.39, 0.29) is 0 Å². The first-order valence-corrected chi connectivity index (χ1v) is 8.58. The van der Waals surface area contributed by atoms with Crippen LogP contribution in [0.1, 0.15) is 68.0 Å². The Hall–Kier alpha value is -0.820. The van der Waals surface area contributed by atoms with E-state index in [0.29, 0.717) is 11.5 Å². The molecule has 20 heavy (non-hydrogen) atoms. The van der Waals surface area contributed by atoms with Crippen LogP contribution >= 0.6 is 0 Å². The maximum absolute atomic E-state index is 6.46. The number of fused-ring (bicyclic) bond motifs is 1. The minimum Gasteiger partial charge on any atom is -0.324 e. The van der Waals surface area contributed by atoms with Crippen molar-refractivity contribution >= 4 is 0 Å². The largest absolute Gasteiger partial charge is 0.324 e. The number of nitrogens with two attached hydrogens (primary N) is 1. The second kappa shape index (κ2) is 3.88. The first-order chi connectivity index (χ1) is 9.73. The molecule has 0 radical (unpaired) electrons. The summed E-state index contributed by atoms with van der Waals surface area (Å²) < 4.78 is 0. The van der Waals surface area contributed by atoms with E-state index in [4.69, 9.17) is 5.73 Å². The molecule has 1 aromatic rings. The number of hydrogen-bond donors (Lipinski definition) is 1. The van der Waals surface area contributed by atoms with Crippen molar-refractivity contribution in [1.29, 1.82) is 0 Å². The minimum absolute atomic E-state index is 0.296. The van der Waals surface area contributed by atoms with Crippen LogP contribution in [0.3, 0.4) is 0 Å². The molecule has 4 bridgehead atoms. The van der Waals surface area contributed by atoms with Gasteiger partial charge in [0.15, 0.2) is 0 Å². The summed E-state index contributed by atoms with van der Waals surface area (Å²) in [7, 11) is 0. The van der Waals surface area contributed by atoms with Crippen LogP contribution in [0.4, 0.5) is 0 Å². The molecule has 1 nitrogen and oxygen atoms in total. The molecule has 106 valence electrons. The molecule has 0 aromatic heterocycles. The van der Waals surface area contributed by atoms with Crippen molar-refractivity contribution in [1.82, 2.24) is 0 Å². The van der Waals surface area contributed by atoms with Crippen LogP contribution in [0.15, 0.2) is 24.3 Å². The molecule has 0 heterocycles. The molecule has 2 unspecified atom stereocenters. The average Bonchev–Trinajstić information content (AvgIpc) is 2.76. The molecule has 1 aromatic carbocycles. The highest BCUT2D eigenvalue weighted by Gasteiger charge is 2.55. The number of rotatable bonds is 1. The highest BCUT2D eigenvalue weighted by molar-refractivity contribution is 5.40. The van der Waals surface area contributed by atoms with E-state index in [9.17, 15) is 0 Å². The molecule has 0 aliphatic heterocycles. The van der Waals surface area contributed by atoms with Gasteiger partial charge in [-0.05, 0) is 85.2 Å². The van der Waals surface area contributed by atoms with Gasteiger partial charge in [0.1, 0.15) is 0 Å². The third-order valence-electron chi connectivity index (χ3n) is 7.09. The second-order valence-corrected chi connectivity index (χ2v) is 8.30. The van der Waals surface area contributed by atoms with Crippen LogP contribution in [0.2, 0.25) is 0 Å². The van der Waals surface area contributed by atoms with Gasteiger partial charge in [0.25, 0.3) is 0 Å². The van der Waals surface area contributed by atoms with Crippen molar-refractivity contribution in [2.45, 2.75) is 56.9 Å². The molecular formula is C19H25N. The molecule has 0 saturated heterocycles. The summed E-state index contributed by atoms with van der Waals surface area (Å²) in [5, 5.41) is 0. The van der Waals surface area contributed by atoms with Crippen molar-refractivity contribution in [3.05, 3.63) is 35.4 Å². The fraction of sp³-hybridized carbons (Fsp3) is 0.684. The molecule has 4 saturated carbocycles. The lowest BCUT2D eigenvalue weighted by atomic mass is 9.46. The minimum atomic E-state index is 0.296. The molecule has 1 heteroatoms. The zero-order valence-corrected chi connectivity index (χ0v) is 12.2. The van der Waals surface area contributed by atoms with Gasteiger partial charge in [-0.15, -0.1) is 0 Å². The Morgan fingerprint density at radius 3 is 1.95 bits per heavy atom. The Kier molecular flexibility index (Phi) is 2.29. The Balaban J connectivity index is 1.58. The third-order valence-corrected chi connectivity index (χ3v) is 7.09. The summed E-state index contributed by atoms with van der Waals surface area (Å²) in [5.41, 5.74) is 10.1. The topological polar surface area (TPSA) is 26.0 Å². The van der Waals surface area contributed by atoms with Gasteiger partial charge in [0, 0.05) is 6.04 Å². The number of benzene rings is 1. The second-order valence-electron chi connectivity index (χ2n) is 8.30. The molecule has 5 aliphatic carbocycles. The maximum atomic E-state index is 6.46. The molecule has 2 atom stereocenters. The first kappa shape index (κ1) is 11.8. The predicted molar refractivity (Wildman–Crippen MR) is 81.3 cm³/mol. The zero-order chi connectivity index (χ0) is 13.3. The molecule has 2 N–H and O–H groups in total. The molecular weight excluding hydrogens is 242 g/mol. The summed E-state index contributed by atoms with van der Waals surface area (Å²) in [6.45, 7) is 0. The highest BCUT2D eigenvalue weighted by atomic mass is 14.7. The van der Waals surface area contributed by atoms with Gasteiger partial charge in [0.05, 0.1) is 0 Å². The van der Waals surface area contributed by atoms with E-state index in [1.165, 1.54) is 31.2 Å². The molecule has 6 rings (SSSR count). The lowest BCUT2D eigenvalue weighted by Gasteiger charge is -2.59. The van der Waals surface area contributed by atoms with Gasteiger partial charge >= 0.3 is 0 Å². The van der Waals surface area contributed by atoms with Gasteiger partial charge in [-0.2, -0.15) is 0 Å². The summed E-state index contributed by atoms with van der Waals surface area (Å²) in [5.74, 6) is 3.91. The Morgan fingerprint density at radius 2 is 1.35 bits per heavy atom. The fourth-order valence-corrected chi connectivity index (χ4v) is 6.86. The van der Waals surface area contributed by atoms with Crippen molar-refractivity contribution in [2.24, 2.45) is 28.9 Å². The smallest absolute Gasteiger partial charge is 0.0303 e. The monoisotopic (exact) mass is 267 g/mol. The van der Waals surface area contributed by atoms with Crippen LogP contribution in [-0.2, 0) is 0 Å². The molecule has 5 aliphatic rings. The predicted octanol–water partition coefficient (Wildman–Crippen LogP) is 4.39. The highest BCUT2D eigenvalue weighted by Crippen LogP contribution is 2.67. The SMILES string of the molecule is NC1CC(C23CC4CC(CC(C4)C2)C3)c2ccccc21. The van der Waals surface area contributed by atoms with Crippen LogP contribution in [0.5, 0.6) is 0 Å². The molecule has 0 amide bonds. The Labute approximate surface area is 121 Å². The van der Waals surface area contributed by atoms with Gasteiger partial charge in [-0.25, -0.2) is 0 Å². The first-order valence-electron chi connectivity index (χ1n) is 8.58. The van der Waals surface area contributed by atoms with Gasteiger partial charge in [-0.3, -0.25) is 0 Å². The van der Waals surface area contributed by atoms with Crippen LogP contribution in [0, 0.1) is 23.2 Å². The lowest BCUT2D eigenvalue weighted by Crippen LogP contribution is -2.48. The van der Waals surface area contributed by atoms with E-state index in [0.717, 1.165) is 23.7 Å². The van der Waals surface area contributed by atoms with Crippen LogP contribution < -0.4 is 5.73 Å². The lowest BCUT2D eigenvalue weighted by molar-refractivity contribution is -0.0690. The summed E-state index contributed by atoms with van der Waals surface area (Å²) in [6, 6.07) is 9.35. The van der Waals surface area contributed by atoms with Crippen molar-refractivity contribution in [3.63, 3.8) is 0 Å². The van der Waals surface area contributed by atoms with Crippen molar-refractivity contribution < 1.29 is 0 Å². The van der Waals surface area contributed by atoms with E-state index in [2.05, 4.69) is 24.3 Å². The normalized spacial score (nSPS) is 48.5. The summed E-state index contributed by atoms with van der Waals surface area (Å²) >= 11 is 0. The average molecular weight is 267 g/mol. The molecule has 4 fully saturated rings. The maximum Gasteiger partial charge on any atom is 0.0303 e. The van der Waals surface area contributed by atoms with Crippen molar-refractivity contribution in [2.75, 3.05) is 0 Å². The van der Waals surface area contributed by atoms with E-state index in [1.807, 2.05) is 0 Å². The van der Waals surface area contributed by atoms with Gasteiger partial charge in [0.2, 0.25) is 0 Å². The van der Waals surface area contributed by atoms with E-state index in [1.54, 1.807) is 24.8 Å². The quantitative estimate of drug-likeness (QED) is 0.802.